The average molecular weight is 427 g/mol. The molecule has 0 saturated heterocycles. The minimum Gasteiger partial charge on any atom is -0.462 e. The molecule has 2 aromatic heterocycles. The van der Waals surface area contributed by atoms with Gasteiger partial charge >= 0.3 is 0 Å². The summed E-state index contributed by atoms with van der Waals surface area (Å²) in [5.74, 6) is 0.625. The largest absolute Gasteiger partial charge is 0.462 e. The zero-order valence-electron chi connectivity index (χ0n) is 15.5. The summed E-state index contributed by atoms with van der Waals surface area (Å²) in [6, 6.07) is 7.30. The van der Waals surface area contributed by atoms with Gasteiger partial charge in [-0.15, -0.1) is 0 Å². The van der Waals surface area contributed by atoms with Crippen LogP contribution in [0.15, 0.2) is 60.1 Å². The lowest BCUT2D eigenvalue weighted by Gasteiger charge is -2.20. The van der Waals surface area contributed by atoms with Crippen molar-refractivity contribution in [2.75, 3.05) is 0 Å². The monoisotopic (exact) mass is 426 g/mol. The Bertz CT molecular complexity index is 1050. The molecule has 148 valence electrons. The van der Waals surface area contributed by atoms with Crippen LogP contribution in [-0.2, 0) is 4.79 Å². The molecule has 0 spiro atoms. The van der Waals surface area contributed by atoms with Crippen molar-refractivity contribution in [3.63, 3.8) is 0 Å². The van der Waals surface area contributed by atoms with Gasteiger partial charge in [-0.25, -0.2) is 0 Å². The molecule has 1 saturated carbocycles. The quantitative estimate of drug-likeness (QED) is 0.694. The number of amidine groups is 2. The molecule has 1 amide bonds. The molecular weight excluding hydrogens is 408 g/mol. The molecule has 0 radical (unpaired) electrons. The Kier molecular flexibility index (Phi) is 4.92. The maximum atomic E-state index is 12.5. The summed E-state index contributed by atoms with van der Waals surface area (Å²) in [7, 11) is 0. The van der Waals surface area contributed by atoms with E-state index in [1.54, 1.807) is 36.2 Å². The van der Waals surface area contributed by atoms with E-state index in [0.29, 0.717) is 27.0 Å². The standard InChI is InChI=1S/C20H18N4O3S2/c21-17-14(11-12-8-9-16(27-12)28-13-5-2-1-3-6-13)18(25)22-20-24(17)23-19(29-20)15-7-4-10-26-15/h4,7-11,13,21H,1-3,5-6H2/b14-11+,21-17?. The Labute approximate surface area is 175 Å². The van der Waals surface area contributed by atoms with E-state index >= 15 is 0 Å². The number of thioether (sulfide) groups is 2. The molecule has 7 nitrogen and oxygen atoms in total. The lowest BCUT2D eigenvalue weighted by molar-refractivity contribution is -0.114. The number of furan rings is 2. The first kappa shape index (κ1) is 18.5. The first-order chi connectivity index (χ1) is 14.2. The SMILES string of the molecule is N=C1/C(=C\c2ccc(SC3CCCCC3)o2)C(=O)N=C2SC(c3ccco3)=NN12. The van der Waals surface area contributed by atoms with Crippen LogP contribution in [0.3, 0.4) is 0 Å². The summed E-state index contributed by atoms with van der Waals surface area (Å²) in [5.41, 5.74) is 0.155. The molecule has 1 N–H and O–H groups in total. The number of hydrogen-bond donors (Lipinski definition) is 1. The van der Waals surface area contributed by atoms with Gasteiger partial charge in [0.15, 0.2) is 21.7 Å². The summed E-state index contributed by atoms with van der Waals surface area (Å²) in [4.78, 5) is 16.6. The Balaban J connectivity index is 1.36. The molecule has 2 aromatic rings. The van der Waals surface area contributed by atoms with Crippen LogP contribution in [0, 0.1) is 5.41 Å². The smallest absolute Gasteiger partial charge is 0.283 e. The van der Waals surface area contributed by atoms with Crippen molar-refractivity contribution in [3.05, 3.63) is 47.6 Å². The number of amides is 1. The van der Waals surface area contributed by atoms with Crippen molar-refractivity contribution in [1.82, 2.24) is 5.01 Å². The molecule has 1 fully saturated rings. The van der Waals surface area contributed by atoms with Gasteiger partial charge in [0, 0.05) is 5.25 Å². The predicted octanol–water partition coefficient (Wildman–Crippen LogP) is 4.96. The second kappa shape index (κ2) is 7.72. The maximum absolute atomic E-state index is 12.5. The normalized spacial score (nSPS) is 21.5. The molecule has 0 atom stereocenters. The van der Waals surface area contributed by atoms with Crippen LogP contribution in [0.4, 0.5) is 0 Å². The molecule has 0 bridgehead atoms. The van der Waals surface area contributed by atoms with Gasteiger partial charge in [0.05, 0.1) is 11.8 Å². The van der Waals surface area contributed by atoms with Crippen molar-refractivity contribution in [1.29, 1.82) is 5.41 Å². The zero-order valence-corrected chi connectivity index (χ0v) is 17.1. The van der Waals surface area contributed by atoms with Gasteiger partial charge < -0.3 is 8.83 Å². The summed E-state index contributed by atoms with van der Waals surface area (Å²) in [6.45, 7) is 0. The van der Waals surface area contributed by atoms with Gasteiger partial charge in [-0.1, -0.05) is 31.0 Å². The van der Waals surface area contributed by atoms with Crippen LogP contribution in [0.2, 0.25) is 0 Å². The van der Waals surface area contributed by atoms with Gasteiger partial charge in [-0.2, -0.15) is 15.1 Å². The summed E-state index contributed by atoms with van der Waals surface area (Å²) in [6.07, 6.45) is 9.42. The lowest BCUT2D eigenvalue weighted by atomic mass is 10.0. The van der Waals surface area contributed by atoms with E-state index in [1.807, 2.05) is 12.1 Å². The number of fused-ring (bicyclic) bond motifs is 1. The van der Waals surface area contributed by atoms with Crippen molar-refractivity contribution in [2.24, 2.45) is 10.1 Å². The number of hydrazone groups is 1. The number of nitrogens with zero attached hydrogens (tertiary/aromatic N) is 3. The van der Waals surface area contributed by atoms with E-state index in [-0.39, 0.29) is 11.4 Å². The third-order valence-electron chi connectivity index (χ3n) is 4.91. The molecule has 0 aromatic carbocycles. The summed E-state index contributed by atoms with van der Waals surface area (Å²) in [5, 5.41) is 16.5. The van der Waals surface area contributed by atoms with Crippen LogP contribution >= 0.6 is 23.5 Å². The van der Waals surface area contributed by atoms with Crippen LogP contribution in [0.25, 0.3) is 6.08 Å². The Morgan fingerprint density at radius 3 is 2.90 bits per heavy atom. The first-order valence-corrected chi connectivity index (χ1v) is 11.2. The Morgan fingerprint density at radius 1 is 1.24 bits per heavy atom. The minimum absolute atomic E-state index is 0.0214. The molecule has 0 unspecified atom stereocenters. The number of nitrogens with one attached hydrogen (secondary N) is 1. The highest BCUT2D eigenvalue weighted by Crippen LogP contribution is 2.35. The van der Waals surface area contributed by atoms with E-state index < -0.39 is 5.91 Å². The van der Waals surface area contributed by atoms with Gasteiger partial charge in [0.1, 0.15) is 5.76 Å². The van der Waals surface area contributed by atoms with Crippen molar-refractivity contribution in [3.8, 4) is 0 Å². The topological polar surface area (TPSA) is 95.2 Å². The highest BCUT2D eigenvalue weighted by molar-refractivity contribution is 8.27. The molecule has 5 rings (SSSR count). The fourth-order valence-electron chi connectivity index (χ4n) is 3.46. The van der Waals surface area contributed by atoms with E-state index in [1.165, 1.54) is 48.9 Å². The number of aliphatic imine (C=N–C) groups is 1. The minimum atomic E-state index is -0.470. The summed E-state index contributed by atoms with van der Waals surface area (Å²) < 4.78 is 11.2. The first-order valence-electron chi connectivity index (χ1n) is 9.48. The molecule has 29 heavy (non-hydrogen) atoms. The fraction of sp³-hybridized carbons (Fsp3) is 0.300. The van der Waals surface area contributed by atoms with Gasteiger partial charge in [0.2, 0.25) is 5.17 Å². The van der Waals surface area contributed by atoms with Gasteiger partial charge in [-0.3, -0.25) is 10.2 Å². The zero-order chi connectivity index (χ0) is 19.8. The van der Waals surface area contributed by atoms with Crippen molar-refractivity contribution >= 4 is 51.6 Å². The molecule has 4 heterocycles. The van der Waals surface area contributed by atoms with Gasteiger partial charge in [-0.05, 0) is 54.9 Å². The molecule has 1 aliphatic carbocycles. The Morgan fingerprint density at radius 2 is 2.10 bits per heavy atom. The van der Waals surface area contributed by atoms with Crippen molar-refractivity contribution < 1.29 is 13.6 Å². The average Bonchev–Trinajstić information content (AvgIpc) is 3.47. The summed E-state index contributed by atoms with van der Waals surface area (Å²) >= 11 is 2.96. The number of carbonyl (C=O) groups excluding carboxylic acids is 1. The van der Waals surface area contributed by atoms with Crippen LogP contribution in [-0.4, -0.2) is 32.2 Å². The molecular formula is C20H18N4O3S2. The van der Waals surface area contributed by atoms with Crippen LogP contribution in [0.5, 0.6) is 0 Å². The number of hydrogen-bond acceptors (Lipinski definition) is 7. The van der Waals surface area contributed by atoms with Crippen molar-refractivity contribution in [2.45, 2.75) is 42.4 Å². The number of carbonyl (C=O) groups is 1. The third kappa shape index (κ3) is 3.72. The predicted molar refractivity (Wildman–Crippen MR) is 114 cm³/mol. The third-order valence-corrected chi connectivity index (χ3v) is 7.09. The molecule has 3 aliphatic rings. The second-order valence-corrected chi connectivity index (χ2v) is 9.20. The van der Waals surface area contributed by atoms with Gasteiger partial charge in [0.25, 0.3) is 5.91 Å². The molecule has 9 heteroatoms. The molecule has 2 aliphatic heterocycles. The fourth-order valence-corrected chi connectivity index (χ4v) is 5.50. The van der Waals surface area contributed by atoms with E-state index in [9.17, 15) is 4.79 Å². The van der Waals surface area contributed by atoms with E-state index in [4.69, 9.17) is 14.2 Å². The lowest BCUT2D eigenvalue weighted by Crippen LogP contribution is -2.35. The number of rotatable bonds is 4. The van der Waals surface area contributed by atoms with E-state index in [0.717, 1.165) is 5.09 Å². The van der Waals surface area contributed by atoms with Crippen LogP contribution < -0.4 is 0 Å². The second-order valence-electron chi connectivity index (χ2n) is 6.94. The van der Waals surface area contributed by atoms with E-state index in [2.05, 4.69) is 10.1 Å². The highest BCUT2D eigenvalue weighted by atomic mass is 32.2. The Hall–Kier alpha value is -2.52. The highest BCUT2D eigenvalue weighted by Gasteiger charge is 2.36. The van der Waals surface area contributed by atoms with Crippen LogP contribution in [0.1, 0.15) is 43.6 Å². The maximum Gasteiger partial charge on any atom is 0.283 e.